The average Bonchev–Trinajstić information content (AvgIpc) is 3.27. The fourth-order valence-corrected chi connectivity index (χ4v) is 5.50. The van der Waals surface area contributed by atoms with Crippen LogP contribution >= 0.6 is 0 Å². The van der Waals surface area contributed by atoms with E-state index in [1.165, 1.54) is 38.5 Å². The van der Waals surface area contributed by atoms with Crippen LogP contribution in [0.15, 0.2) is 48.5 Å². The molecule has 3 aromatic carbocycles. The van der Waals surface area contributed by atoms with Gasteiger partial charge < -0.3 is 34.2 Å². The van der Waals surface area contributed by atoms with Gasteiger partial charge >= 0.3 is 12.1 Å². The number of carboxylic acid groups (broad SMARTS) is 1. The van der Waals surface area contributed by atoms with Crippen molar-refractivity contribution in [1.29, 1.82) is 0 Å². The lowest BCUT2D eigenvalue weighted by molar-refractivity contribution is -1.04. The number of likely N-dealkylation sites (tertiary alicyclic amines) is 1. The van der Waals surface area contributed by atoms with E-state index in [0.29, 0.717) is 41.7 Å². The molecule has 3 aromatic rings. The van der Waals surface area contributed by atoms with Crippen LogP contribution in [0.3, 0.4) is 0 Å². The first-order valence-electron chi connectivity index (χ1n) is 15.0. The van der Waals surface area contributed by atoms with Gasteiger partial charge in [0.05, 0.1) is 11.6 Å². The number of ether oxygens (including phenoxy) is 4. The van der Waals surface area contributed by atoms with Crippen LogP contribution in [-0.4, -0.2) is 75.3 Å². The summed E-state index contributed by atoms with van der Waals surface area (Å²) in [6.07, 6.45) is -0.348. The van der Waals surface area contributed by atoms with E-state index < -0.39 is 51.6 Å². The largest absolute Gasteiger partial charge is 0.495 e. The third-order valence-electron chi connectivity index (χ3n) is 7.81. The molecule has 1 saturated heterocycles. The number of ketones is 1. The minimum Gasteiger partial charge on any atom is -0.495 e. The second-order valence-corrected chi connectivity index (χ2v) is 11.3. The van der Waals surface area contributed by atoms with Crippen molar-refractivity contribution in [2.75, 3.05) is 40.9 Å². The van der Waals surface area contributed by atoms with Gasteiger partial charge in [-0.05, 0) is 74.2 Å². The summed E-state index contributed by atoms with van der Waals surface area (Å²) in [7, 11) is 2.81. The number of nitrogens with one attached hydrogen (secondary N) is 1. The summed E-state index contributed by atoms with van der Waals surface area (Å²) in [5.74, 6) is -4.75. The van der Waals surface area contributed by atoms with Gasteiger partial charge in [-0.3, -0.25) is 14.4 Å². The van der Waals surface area contributed by atoms with Crippen molar-refractivity contribution in [2.45, 2.75) is 39.2 Å². The summed E-state index contributed by atoms with van der Waals surface area (Å²) in [5.41, 5.74) is 0.867. The van der Waals surface area contributed by atoms with E-state index in [-0.39, 0.29) is 43.6 Å². The predicted octanol–water partition coefficient (Wildman–Crippen LogP) is 3.99. The number of benzene rings is 3. The maximum absolute atomic E-state index is 14.7. The van der Waals surface area contributed by atoms with Gasteiger partial charge in [0, 0.05) is 31.8 Å². The fourth-order valence-electron chi connectivity index (χ4n) is 5.50. The number of carbonyl (C=O) groups excluding carboxylic acids is 4. The zero-order valence-corrected chi connectivity index (χ0v) is 26.9. The van der Waals surface area contributed by atoms with Crippen molar-refractivity contribution in [1.82, 2.24) is 5.32 Å². The maximum atomic E-state index is 14.7. The first-order valence-corrected chi connectivity index (χ1v) is 15.0. The van der Waals surface area contributed by atoms with Crippen molar-refractivity contribution in [3.05, 3.63) is 93.5 Å². The molecule has 0 aromatic heterocycles. The number of hydrogen-bond acceptors (Lipinski definition) is 10. The Labute approximate surface area is 275 Å². The highest BCUT2D eigenvalue weighted by molar-refractivity contribution is 6.11. The molecule has 256 valence electrons. The van der Waals surface area contributed by atoms with Crippen LogP contribution in [0, 0.1) is 25.5 Å². The van der Waals surface area contributed by atoms with E-state index in [4.69, 9.17) is 23.8 Å². The topological polar surface area (TPSA) is 150 Å². The first-order chi connectivity index (χ1) is 22.9. The fraction of sp³-hybridized carbons (Fsp3) is 0.353. The molecule has 1 aliphatic rings. The van der Waals surface area contributed by atoms with Gasteiger partial charge in [0.15, 0.2) is 31.0 Å². The zero-order valence-electron chi connectivity index (χ0n) is 26.9. The average molecular weight is 671 g/mol. The molecule has 2 unspecified atom stereocenters. The molecule has 2 amide bonds. The number of methoxy groups -OCH3 is 2. The van der Waals surface area contributed by atoms with Gasteiger partial charge in [-0.25, -0.2) is 13.6 Å². The lowest BCUT2D eigenvalue weighted by Gasteiger charge is -2.34. The molecule has 4 rings (SSSR count). The van der Waals surface area contributed by atoms with Gasteiger partial charge in [-0.15, -0.1) is 0 Å². The van der Waals surface area contributed by atoms with Crippen molar-refractivity contribution in [3.63, 3.8) is 0 Å². The summed E-state index contributed by atoms with van der Waals surface area (Å²) in [6.45, 7) is 2.89. The van der Waals surface area contributed by atoms with Gasteiger partial charge in [-0.2, -0.15) is 0 Å². The van der Waals surface area contributed by atoms with Crippen LogP contribution in [0.2, 0.25) is 0 Å². The first kappa shape index (κ1) is 35.9. The van der Waals surface area contributed by atoms with Crippen LogP contribution < -0.4 is 19.9 Å². The van der Waals surface area contributed by atoms with E-state index >= 15 is 0 Å². The van der Waals surface area contributed by atoms with E-state index in [0.717, 1.165) is 12.1 Å². The maximum Gasteiger partial charge on any atom is 0.398 e. The van der Waals surface area contributed by atoms with Crippen LogP contribution in [0.1, 0.15) is 67.0 Å². The van der Waals surface area contributed by atoms with Crippen LogP contribution in [0.25, 0.3) is 0 Å². The molecule has 1 heterocycles. The molecule has 1 N–H and O–H groups in total. The SMILES string of the molecule is COCOc1ccc(F)c(F)c1C(=O)c1ccc(C(=O)O[N+]2(C(=O)[O-])CCCCC(NC(=O)c3cc(C)c(OCOC)c(C)c3)C2)cc1. The number of halogens is 2. The number of hydrogen-bond donors (Lipinski definition) is 1. The summed E-state index contributed by atoms with van der Waals surface area (Å²) < 4.78 is 48.0. The van der Waals surface area contributed by atoms with Crippen molar-refractivity contribution in [3.8, 4) is 11.5 Å². The Morgan fingerprint density at radius 1 is 0.875 bits per heavy atom. The zero-order chi connectivity index (χ0) is 35.0. The molecule has 0 radical (unpaired) electrons. The molecular formula is C34H36F2N2O10. The van der Waals surface area contributed by atoms with Gasteiger partial charge in [0.25, 0.3) is 5.91 Å². The second kappa shape index (κ2) is 15.8. The summed E-state index contributed by atoms with van der Waals surface area (Å²) in [5, 5.41) is 15.4. The Hall–Kier alpha value is -4.92. The Morgan fingerprint density at radius 2 is 1.50 bits per heavy atom. The molecule has 2 atom stereocenters. The van der Waals surface area contributed by atoms with E-state index in [1.54, 1.807) is 26.0 Å². The number of nitrogens with zero attached hydrogens (tertiary/aromatic N) is 1. The van der Waals surface area contributed by atoms with E-state index in [9.17, 15) is 33.1 Å². The van der Waals surface area contributed by atoms with E-state index in [1.807, 2.05) is 0 Å². The lowest BCUT2D eigenvalue weighted by Crippen LogP contribution is -2.63. The molecule has 48 heavy (non-hydrogen) atoms. The summed E-state index contributed by atoms with van der Waals surface area (Å²) in [4.78, 5) is 57.6. The number of amides is 2. The lowest BCUT2D eigenvalue weighted by atomic mass is 10.0. The third kappa shape index (κ3) is 8.13. The van der Waals surface area contributed by atoms with Gasteiger partial charge in [-0.1, -0.05) is 16.8 Å². The number of rotatable bonds is 11. The minimum atomic E-state index is -1.67. The Bertz CT molecular complexity index is 1660. The number of carbonyl (C=O) groups is 4. The summed E-state index contributed by atoms with van der Waals surface area (Å²) >= 11 is 0. The Balaban J connectivity index is 1.50. The summed E-state index contributed by atoms with van der Waals surface area (Å²) in [6, 6.07) is 9.27. The molecule has 0 aliphatic carbocycles. The molecule has 12 nitrogen and oxygen atoms in total. The molecular weight excluding hydrogens is 634 g/mol. The monoisotopic (exact) mass is 670 g/mol. The van der Waals surface area contributed by atoms with Crippen LogP contribution in [-0.2, 0) is 14.3 Å². The normalized spacial score (nSPS) is 17.6. The number of quaternary nitrogens is 1. The molecule has 0 spiro atoms. The highest BCUT2D eigenvalue weighted by Crippen LogP contribution is 2.28. The van der Waals surface area contributed by atoms with Crippen molar-refractivity contribution < 1.29 is 61.5 Å². The molecule has 1 aliphatic heterocycles. The molecule has 0 saturated carbocycles. The molecule has 1 fully saturated rings. The quantitative estimate of drug-likeness (QED) is 0.180. The predicted molar refractivity (Wildman–Crippen MR) is 163 cm³/mol. The second-order valence-electron chi connectivity index (χ2n) is 11.3. The smallest absolute Gasteiger partial charge is 0.398 e. The standard InChI is InChI=1S/C34H36F2N2O10/c1-20-15-24(16-21(2)31(20)47-19-45-4)32(40)37-25-7-5-6-14-38(17-25,34(42)43)48-33(41)23-10-8-22(9-11-23)30(39)28-27(46-18-44-3)13-12-26(35)29(28)36/h8-13,15-16,25H,5-7,14,17-19H2,1-4H3,(H-,37,40,42,43). The van der Waals surface area contributed by atoms with Crippen molar-refractivity contribution in [2.24, 2.45) is 0 Å². The highest BCUT2D eigenvalue weighted by atomic mass is 19.2. The minimum absolute atomic E-state index is 0.0417. The van der Waals surface area contributed by atoms with Crippen LogP contribution in [0.4, 0.5) is 13.6 Å². The highest BCUT2D eigenvalue weighted by Gasteiger charge is 2.42. The molecule has 0 bridgehead atoms. The molecule has 14 heteroatoms. The Morgan fingerprint density at radius 3 is 2.12 bits per heavy atom. The van der Waals surface area contributed by atoms with Gasteiger partial charge in [0.2, 0.25) is 0 Å². The van der Waals surface area contributed by atoms with Crippen LogP contribution in [0.5, 0.6) is 11.5 Å². The van der Waals surface area contributed by atoms with E-state index in [2.05, 4.69) is 5.32 Å². The van der Waals surface area contributed by atoms with Crippen molar-refractivity contribution >= 4 is 23.8 Å². The number of aryl methyl sites for hydroxylation is 2. The van der Waals surface area contributed by atoms with Gasteiger partial charge in [0.1, 0.15) is 30.2 Å². The third-order valence-corrected chi connectivity index (χ3v) is 7.81. The Kier molecular flexibility index (Phi) is 11.8. The number of hydroxylamine groups is 3.